The molecule has 0 spiro atoms. The van der Waals surface area contributed by atoms with Gasteiger partial charge < -0.3 is 4.74 Å². The number of epoxide rings is 1. The van der Waals surface area contributed by atoms with E-state index in [0.717, 1.165) is 22.0 Å². The quantitative estimate of drug-likeness (QED) is 0.209. The van der Waals surface area contributed by atoms with Crippen LogP contribution in [0.1, 0.15) is 42.2 Å². The summed E-state index contributed by atoms with van der Waals surface area (Å²) in [5.41, 5.74) is 3.45. The summed E-state index contributed by atoms with van der Waals surface area (Å²) < 4.78 is 22.0. The lowest BCUT2D eigenvalue weighted by molar-refractivity contribution is 0.256. The summed E-state index contributed by atoms with van der Waals surface area (Å²) in [5.74, 6) is 0.949. The number of benzene rings is 2. The highest BCUT2D eigenvalue weighted by Gasteiger charge is 2.60. The number of hydrogen-bond donors (Lipinski definition) is 0. The molecular formula is C25H27ClFN3OS. The maximum absolute atomic E-state index is 13.8. The second-order valence-electron chi connectivity index (χ2n) is 8.62. The summed E-state index contributed by atoms with van der Waals surface area (Å²) in [4.78, 5) is 4.43. The first kappa shape index (κ1) is 23.0. The fourth-order valence-electron chi connectivity index (χ4n) is 4.06. The molecule has 2 aromatic carbocycles. The van der Waals surface area contributed by atoms with Gasteiger partial charge in [-0.05, 0) is 37.5 Å². The van der Waals surface area contributed by atoms with Crippen molar-refractivity contribution in [1.82, 2.24) is 14.8 Å². The van der Waals surface area contributed by atoms with Gasteiger partial charge in [-0.3, -0.25) is 0 Å². The maximum Gasteiger partial charge on any atom is 0.186 e. The fourth-order valence-corrected chi connectivity index (χ4v) is 5.13. The van der Waals surface area contributed by atoms with E-state index in [1.54, 1.807) is 24.2 Å². The molecule has 2 unspecified atom stereocenters. The van der Waals surface area contributed by atoms with Crippen LogP contribution >= 0.6 is 23.4 Å². The molecule has 168 valence electrons. The third kappa shape index (κ3) is 4.92. The first-order valence-electron chi connectivity index (χ1n) is 10.7. The van der Waals surface area contributed by atoms with E-state index in [-0.39, 0.29) is 11.9 Å². The van der Waals surface area contributed by atoms with Crippen LogP contribution in [0.4, 0.5) is 4.39 Å². The van der Waals surface area contributed by atoms with Gasteiger partial charge in [0.05, 0.1) is 6.54 Å². The monoisotopic (exact) mass is 471 g/mol. The van der Waals surface area contributed by atoms with Crippen molar-refractivity contribution in [2.75, 3.05) is 5.75 Å². The highest BCUT2D eigenvalue weighted by Crippen LogP contribution is 2.59. The molecule has 1 saturated heterocycles. The summed E-state index contributed by atoms with van der Waals surface area (Å²) in [6.45, 7) is 8.88. The molecule has 3 aromatic rings. The molecule has 1 aromatic heterocycles. The second-order valence-corrected chi connectivity index (χ2v) is 10.0. The number of hydrogen-bond acceptors (Lipinski definition) is 4. The number of thioether (sulfide) groups is 1. The third-order valence-corrected chi connectivity index (χ3v) is 6.67. The Balaban J connectivity index is 1.66. The fraction of sp³-hybridized carbons (Fsp3) is 0.360. The van der Waals surface area contributed by atoms with E-state index in [0.29, 0.717) is 17.5 Å². The molecule has 1 aliphatic heterocycles. The van der Waals surface area contributed by atoms with Crippen LogP contribution in [0.2, 0.25) is 5.02 Å². The molecule has 0 aliphatic carbocycles. The zero-order valence-electron chi connectivity index (χ0n) is 18.7. The predicted molar refractivity (Wildman–Crippen MR) is 128 cm³/mol. The molecule has 7 heteroatoms. The highest BCUT2D eigenvalue weighted by molar-refractivity contribution is 7.99. The standard InChI is InChI=1S/C25H27ClFN3OS/c1-16(2)6-5-9-32-24-28-15-29-30(24)14-25(21-8-7-20(27)13-22(21)26)23(31-25)19-11-17(3)10-18(4)12-19/h5-8,10-13,15-16,23H,9,14H2,1-4H3/b6-5+. The van der Waals surface area contributed by atoms with Crippen molar-refractivity contribution in [1.29, 1.82) is 0 Å². The molecule has 0 radical (unpaired) electrons. The SMILES string of the molecule is Cc1cc(C)cc(C2OC2(Cn2ncnc2SC/C=C/C(C)C)c2ccc(F)cc2Cl)c1. The third-order valence-electron chi connectivity index (χ3n) is 5.42. The van der Waals surface area contributed by atoms with Crippen LogP contribution in [0.5, 0.6) is 0 Å². The van der Waals surface area contributed by atoms with Gasteiger partial charge in [-0.25, -0.2) is 14.1 Å². The Bertz CT molecular complexity index is 1130. The van der Waals surface area contributed by atoms with E-state index in [1.807, 2.05) is 4.68 Å². The summed E-state index contributed by atoms with van der Waals surface area (Å²) in [7, 11) is 0. The predicted octanol–water partition coefficient (Wildman–Crippen LogP) is 6.66. The zero-order chi connectivity index (χ0) is 22.9. The van der Waals surface area contributed by atoms with Crippen molar-refractivity contribution in [3.05, 3.63) is 88.0 Å². The zero-order valence-corrected chi connectivity index (χ0v) is 20.3. The molecule has 0 amide bonds. The van der Waals surface area contributed by atoms with Crippen molar-refractivity contribution < 1.29 is 9.13 Å². The Labute approximate surface area is 197 Å². The lowest BCUT2D eigenvalue weighted by Crippen LogP contribution is -2.21. The van der Waals surface area contributed by atoms with Crippen LogP contribution in [0.3, 0.4) is 0 Å². The minimum Gasteiger partial charge on any atom is -0.354 e. The van der Waals surface area contributed by atoms with Crippen LogP contribution in [0, 0.1) is 25.6 Å². The van der Waals surface area contributed by atoms with Crippen LogP contribution in [0.25, 0.3) is 0 Å². The molecule has 32 heavy (non-hydrogen) atoms. The van der Waals surface area contributed by atoms with Gasteiger partial charge in [-0.2, -0.15) is 5.10 Å². The number of aryl methyl sites for hydroxylation is 2. The average molecular weight is 472 g/mol. The van der Waals surface area contributed by atoms with Crippen molar-refractivity contribution in [2.24, 2.45) is 5.92 Å². The van der Waals surface area contributed by atoms with Crippen LogP contribution in [-0.2, 0) is 16.9 Å². The number of rotatable bonds is 8. The normalized spacial score (nSPS) is 20.4. The minimum absolute atomic E-state index is 0.202. The van der Waals surface area contributed by atoms with Crippen LogP contribution in [0.15, 0.2) is 60.0 Å². The topological polar surface area (TPSA) is 43.2 Å². The van der Waals surface area contributed by atoms with Gasteiger partial charge in [-0.15, -0.1) is 0 Å². The smallest absolute Gasteiger partial charge is 0.186 e. The van der Waals surface area contributed by atoms with Crippen LogP contribution < -0.4 is 0 Å². The van der Waals surface area contributed by atoms with Gasteiger partial charge in [0.1, 0.15) is 23.8 Å². The summed E-state index contributed by atoms with van der Waals surface area (Å²) in [6.07, 6.45) is 5.68. The molecule has 1 aliphatic rings. The molecule has 2 heterocycles. The maximum atomic E-state index is 13.8. The first-order valence-corrected chi connectivity index (χ1v) is 12.0. The Morgan fingerprint density at radius 1 is 1.22 bits per heavy atom. The molecule has 1 fully saturated rings. The van der Waals surface area contributed by atoms with Crippen molar-refractivity contribution >= 4 is 23.4 Å². The van der Waals surface area contributed by atoms with Gasteiger partial charge in [0.25, 0.3) is 0 Å². The highest BCUT2D eigenvalue weighted by atomic mass is 35.5. The van der Waals surface area contributed by atoms with E-state index in [2.05, 4.69) is 68.1 Å². The van der Waals surface area contributed by atoms with Crippen molar-refractivity contribution in [3.8, 4) is 0 Å². The molecular weight excluding hydrogens is 445 g/mol. The molecule has 4 nitrogen and oxygen atoms in total. The van der Waals surface area contributed by atoms with Gasteiger partial charge in [0, 0.05) is 16.3 Å². The summed E-state index contributed by atoms with van der Waals surface area (Å²) in [5, 5.41) is 5.62. The van der Waals surface area contributed by atoms with Gasteiger partial charge >= 0.3 is 0 Å². The minimum atomic E-state index is -0.734. The van der Waals surface area contributed by atoms with E-state index < -0.39 is 5.60 Å². The van der Waals surface area contributed by atoms with Gasteiger partial charge in [0.15, 0.2) is 5.16 Å². The average Bonchev–Trinajstić information content (AvgIpc) is 3.26. The Kier molecular flexibility index (Phi) is 6.75. The summed E-state index contributed by atoms with van der Waals surface area (Å²) >= 11 is 8.12. The number of aromatic nitrogens is 3. The van der Waals surface area contributed by atoms with Crippen molar-refractivity contribution in [2.45, 2.75) is 51.1 Å². The molecule has 0 bridgehead atoms. The first-order chi connectivity index (χ1) is 15.3. The van der Waals surface area contributed by atoms with Gasteiger partial charge in [0.2, 0.25) is 0 Å². The Morgan fingerprint density at radius 2 is 1.97 bits per heavy atom. The molecule has 2 atom stereocenters. The van der Waals surface area contributed by atoms with E-state index >= 15 is 0 Å². The second kappa shape index (κ2) is 9.38. The van der Waals surface area contributed by atoms with Crippen molar-refractivity contribution in [3.63, 3.8) is 0 Å². The summed E-state index contributed by atoms with van der Waals surface area (Å²) in [6, 6.07) is 10.9. The van der Waals surface area contributed by atoms with E-state index in [4.69, 9.17) is 16.3 Å². The van der Waals surface area contributed by atoms with E-state index in [9.17, 15) is 4.39 Å². The number of halogens is 2. The lowest BCUT2D eigenvalue weighted by atomic mass is 9.90. The van der Waals surface area contributed by atoms with Crippen LogP contribution in [-0.4, -0.2) is 20.5 Å². The number of allylic oxidation sites excluding steroid dienone is 1. The van der Waals surface area contributed by atoms with Gasteiger partial charge in [-0.1, -0.05) is 84.8 Å². The molecule has 0 N–H and O–H groups in total. The molecule has 0 saturated carbocycles. The molecule has 4 rings (SSSR count). The largest absolute Gasteiger partial charge is 0.354 e. The van der Waals surface area contributed by atoms with E-state index in [1.165, 1.54) is 23.3 Å². The lowest BCUT2D eigenvalue weighted by Gasteiger charge is -2.17. The number of ether oxygens (including phenoxy) is 1. The Hall–Kier alpha value is -2.15. The Morgan fingerprint density at radius 3 is 2.66 bits per heavy atom. The number of nitrogens with zero attached hydrogens (tertiary/aromatic N) is 3.